The van der Waals surface area contributed by atoms with E-state index in [0.29, 0.717) is 11.5 Å². The second kappa shape index (κ2) is 5.36. The van der Waals surface area contributed by atoms with E-state index < -0.39 is 23.2 Å². The average Bonchev–Trinajstić information content (AvgIpc) is 2.97. The third-order valence-corrected chi connectivity index (χ3v) is 3.22. The molecule has 0 saturated heterocycles. The van der Waals surface area contributed by atoms with Crippen molar-refractivity contribution in [3.63, 3.8) is 0 Å². The van der Waals surface area contributed by atoms with E-state index in [2.05, 4.69) is 5.32 Å². The van der Waals surface area contributed by atoms with Gasteiger partial charge in [-0.05, 0) is 29.8 Å². The van der Waals surface area contributed by atoms with Crippen LogP contribution in [-0.4, -0.2) is 28.0 Å². The largest absolute Gasteiger partial charge is 0.504 e. The topological polar surface area (TPSA) is 108 Å². The first-order chi connectivity index (χ1) is 10.5. The van der Waals surface area contributed by atoms with Crippen molar-refractivity contribution < 1.29 is 29.6 Å². The zero-order valence-corrected chi connectivity index (χ0v) is 11.4. The second-order valence-electron chi connectivity index (χ2n) is 4.73. The Morgan fingerprint density at radius 2 is 1.73 bits per heavy atom. The Morgan fingerprint density at radius 3 is 2.45 bits per heavy atom. The third-order valence-electron chi connectivity index (χ3n) is 3.22. The maximum Gasteiger partial charge on any atom is 0.251 e. The minimum absolute atomic E-state index is 0.0357. The number of carbonyl (C=O) groups is 1. The van der Waals surface area contributed by atoms with Crippen molar-refractivity contribution >= 4 is 5.91 Å². The molecular weight excluding hydrogens is 290 g/mol. The average molecular weight is 303 g/mol. The number of phenols is 3. The molecule has 1 heterocycles. The van der Waals surface area contributed by atoms with Crippen LogP contribution in [0.25, 0.3) is 0 Å². The van der Waals surface area contributed by atoms with Crippen molar-refractivity contribution in [3.8, 4) is 28.7 Å². The SMILES string of the molecule is O=C(NCc1ccc2c(c1)OCO2)c1cc(O)c(O)c(O)c1. The summed E-state index contributed by atoms with van der Waals surface area (Å²) in [6.07, 6.45) is 0. The molecule has 0 fully saturated rings. The Kier molecular flexibility index (Phi) is 3.38. The molecule has 0 unspecified atom stereocenters. The van der Waals surface area contributed by atoms with Crippen molar-refractivity contribution in [2.45, 2.75) is 6.54 Å². The van der Waals surface area contributed by atoms with Crippen LogP contribution < -0.4 is 14.8 Å². The number of amides is 1. The molecule has 1 aliphatic heterocycles. The molecule has 22 heavy (non-hydrogen) atoms. The quantitative estimate of drug-likeness (QED) is 0.639. The van der Waals surface area contributed by atoms with Gasteiger partial charge in [-0.3, -0.25) is 4.79 Å². The highest BCUT2D eigenvalue weighted by Gasteiger charge is 2.15. The first kappa shape index (κ1) is 13.9. The fourth-order valence-electron chi connectivity index (χ4n) is 2.07. The van der Waals surface area contributed by atoms with Crippen LogP contribution in [0.5, 0.6) is 28.7 Å². The Balaban J connectivity index is 1.70. The number of carbonyl (C=O) groups excluding carboxylic acids is 1. The summed E-state index contributed by atoms with van der Waals surface area (Å²) < 4.78 is 10.4. The summed E-state index contributed by atoms with van der Waals surface area (Å²) >= 11 is 0. The molecule has 0 spiro atoms. The second-order valence-corrected chi connectivity index (χ2v) is 4.73. The highest BCUT2D eigenvalue weighted by atomic mass is 16.7. The van der Waals surface area contributed by atoms with Gasteiger partial charge in [-0.15, -0.1) is 0 Å². The minimum atomic E-state index is -0.660. The molecule has 2 aromatic carbocycles. The van der Waals surface area contributed by atoms with Gasteiger partial charge in [-0.2, -0.15) is 0 Å². The van der Waals surface area contributed by atoms with E-state index in [0.717, 1.165) is 17.7 Å². The molecule has 0 aromatic heterocycles. The molecule has 1 amide bonds. The van der Waals surface area contributed by atoms with Crippen molar-refractivity contribution in [3.05, 3.63) is 41.5 Å². The highest BCUT2D eigenvalue weighted by Crippen LogP contribution is 2.35. The van der Waals surface area contributed by atoms with Gasteiger partial charge in [-0.25, -0.2) is 0 Å². The third kappa shape index (κ3) is 2.56. The van der Waals surface area contributed by atoms with Gasteiger partial charge in [0.15, 0.2) is 28.7 Å². The van der Waals surface area contributed by atoms with E-state index >= 15 is 0 Å². The van der Waals surface area contributed by atoms with E-state index in [9.17, 15) is 20.1 Å². The maximum absolute atomic E-state index is 12.0. The van der Waals surface area contributed by atoms with Crippen molar-refractivity contribution in [2.75, 3.05) is 6.79 Å². The van der Waals surface area contributed by atoms with E-state index in [1.165, 1.54) is 0 Å². The van der Waals surface area contributed by atoms with Crippen LogP contribution in [0.1, 0.15) is 15.9 Å². The number of fused-ring (bicyclic) bond motifs is 1. The molecule has 0 atom stereocenters. The predicted octanol–water partition coefficient (Wildman–Crippen LogP) is 1.46. The Labute approximate surface area is 125 Å². The maximum atomic E-state index is 12.0. The standard InChI is InChI=1S/C15H13NO6/c17-10-4-9(5-11(18)14(10)19)15(20)16-6-8-1-2-12-13(3-8)22-7-21-12/h1-5,17-19H,6-7H2,(H,16,20). The number of benzene rings is 2. The van der Waals surface area contributed by atoms with Gasteiger partial charge < -0.3 is 30.1 Å². The number of phenolic OH excluding ortho intramolecular Hbond substituents is 3. The molecule has 114 valence electrons. The van der Waals surface area contributed by atoms with Gasteiger partial charge in [0.1, 0.15) is 0 Å². The Morgan fingerprint density at radius 1 is 1.05 bits per heavy atom. The number of ether oxygens (including phenoxy) is 2. The Bertz CT molecular complexity index is 720. The van der Waals surface area contributed by atoms with Crippen LogP contribution in [0, 0.1) is 0 Å². The number of hydrogen-bond acceptors (Lipinski definition) is 6. The van der Waals surface area contributed by atoms with E-state index in [1.54, 1.807) is 18.2 Å². The van der Waals surface area contributed by atoms with E-state index in [1.807, 2.05) is 0 Å². The van der Waals surface area contributed by atoms with E-state index in [-0.39, 0.29) is 18.9 Å². The summed E-state index contributed by atoms with van der Waals surface area (Å²) in [4.78, 5) is 12.0. The van der Waals surface area contributed by atoms with E-state index in [4.69, 9.17) is 9.47 Å². The molecule has 0 bridgehead atoms. The first-order valence-electron chi connectivity index (χ1n) is 6.46. The molecule has 3 rings (SSSR count). The summed E-state index contributed by atoms with van der Waals surface area (Å²) in [7, 11) is 0. The Hall–Kier alpha value is -3.09. The molecule has 4 N–H and O–H groups in total. The van der Waals surface area contributed by atoms with Crippen LogP contribution in [0.2, 0.25) is 0 Å². The smallest absolute Gasteiger partial charge is 0.251 e. The molecule has 0 saturated carbocycles. The van der Waals surface area contributed by atoms with Crippen LogP contribution in [-0.2, 0) is 6.54 Å². The summed E-state index contributed by atoms with van der Waals surface area (Å²) in [6.45, 7) is 0.412. The first-order valence-corrected chi connectivity index (χ1v) is 6.46. The molecule has 0 radical (unpaired) electrons. The molecule has 1 aliphatic rings. The van der Waals surface area contributed by atoms with Gasteiger partial charge in [0, 0.05) is 12.1 Å². The number of hydrogen-bond donors (Lipinski definition) is 4. The van der Waals surface area contributed by atoms with Gasteiger partial charge in [0.05, 0.1) is 0 Å². The monoisotopic (exact) mass is 303 g/mol. The minimum Gasteiger partial charge on any atom is -0.504 e. The molecule has 2 aromatic rings. The van der Waals surface area contributed by atoms with Crippen molar-refractivity contribution in [2.24, 2.45) is 0 Å². The summed E-state index contributed by atoms with van der Waals surface area (Å²) in [5.41, 5.74) is 0.846. The zero-order valence-electron chi connectivity index (χ0n) is 11.4. The van der Waals surface area contributed by atoms with Crippen LogP contribution in [0.3, 0.4) is 0 Å². The van der Waals surface area contributed by atoms with Crippen LogP contribution in [0.4, 0.5) is 0 Å². The molecule has 7 nitrogen and oxygen atoms in total. The van der Waals surface area contributed by atoms with Crippen molar-refractivity contribution in [1.82, 2.24) is 5.32 Å². The normalized spacial score (nSPS) is 12.2. The van der Waals surface area contributed by atoms with Crippen molar-refractivity contribution in [1.29, 1.82) is 0 Å². The number of aromatic hydroxyl groups is 3. The molecular formula is C15H13NO6. The fourth-order valence-corrected chi connectivity index (χ4v) is 2.07. The lowest BCUT2D eigenvalue weighted by molar-refractivity contribution is 0.0950. The predicted molar refractivity (Wildman–Crippen MR) is 75.2 cm³/mol. The fraction of sp³-hybridized carbons (Fsp3) is 0.133. The summed E-state index contributed by atoms with van der Waals surface area (Å²) in [5, 5.41) is 30.7. The molecule has 7 heteroatoms. The van der Waals surface area contributed by atoms with Gasteiger partial charge in [0.25, 0.3) is 5.91 Å². The lowest BCUT2D eigenvalue weighted by atomic mass is 10.1. The highest BCUT2D eigenvalue weighted by molar-refractivity contribution is 5.95. The zero-order chi connectivity index (χ0) is 15.7. The number of rotatable bonds is 3. The lowest BCUT2D eigenvalue weighted by Crippen LogP contribution is -2.22. The van der Waals surface area contributed by atoms with Gasteiger partial charge in [0.2, 0.25) is 6.79 Å². The van der Waals surface area contributed by atoms with Gasteiger partial charge in [-0.1, -0.05) is 6.07 Å². The summed E-state index contributed by atoms with van der Waals surface area (Å²) in [6, 6.07) is 7.45. The number of nitrogens with one attached hydrogen (secondary N) is 1. The molecule has 0 aliphatic carbocycles. The van der Waals surface area contributed by atoms with Crippen LogP contribution >= 0.6 is 0 Å². The van der Waals surface area contributed by atoms with Crippen LogP contribution in [0.15, 0.2) is 30.3 Å². The lowest BCUT2D eigenvalue weighted by Gasteiger charge is -2.08. The van der Waals surface area contributed by atoms with Gasteiger partial charge >= 0.3 is 0 Å². The summed E-state index contributed by atoms with van der Waals surface area (Å²) in [5.74, 6) is -1.01.